The molecule has 0 fully saturated rings. The Bertz CT molecular complexity index is 319. The Morgan fingerprint density at radius 1 is 1.28 bits per heavy atom. The van der Waals surface area contributed by atoms with Crippen molar-refractivity contribution in [1.29, 1.82) is 0 Å². The van der Waals surface area contributed by atoms with E-state index < -0.39 is 36.3 Å². The van der Waals surface area contributed by atoms with Crippen LogP contribution in [0.25, 0.3) is 0 Å². The van der Waals surface area contributed by atoms with Crippen LogP contribution in [0.3, 0.4) is 0 Å². The normalized spacial score (nSPS) is 20.1. The molecule has 0 aliphatic rings. The van der Waals surface area contributed by atoms with Crippen LogP contribution < -0.4 is 0 Å². The molecular weight excluding hydrogens is 260 g/mol. The molecule has 0 aromatic carbocycles. The maximum atomic E-state index is 11.5. The number of rotatable bonds is 7. The highest BCUT2D eigenvalue weighted by Crippen LogP contribution is 2.23. The molecule has 6 nitrogen and oxygen atoms in total. The highest BCUT2D eigenvalue weighted by Gasteiger charge is 2.49. The molecular formula is C11H20O6S. The van der Waals surface area contributed by atoms with Gasteiger partial charge in [-0.3, -0.25) is 4.79 Å². The summed E-state index contributed by atoms with van der Waals surface area (Å²) in [7, 11) is 0. The highest BCUT2D eigenvalue weighted by atomic mass is 32.1. The van der Waals surface area contributed by atoms with Gasteiger partial charge in [0, 0.05) is 4.86 Å². The Morgan fingerprint density at radius 3 is 2.00 bits per heavy atom. The average molecular weight is 280 g/mol. The van der Waals surface area contributed by atoms with Gasteiger partial charge in [-0.25, -0.2) is 0 Å². The predicted octanol–water partition coefficient (Wildman–Crippen LogP) is -1.59. The number of hydrogen-bond acceptors (Lipinski definition) is 7. The molecule has 5 N–H and O–H groups in total. The van der Waals surface area contributed by atoms with Crippen LogP contribution >= 0.6 is 12.2 Å². The summed E-state index contributed by atoms with van der Waals surface area (Å²) in [4.78, 5) is 11.4. The molecule has 0 saturated carbocycles. The van der Waals surface area contributed by atoms with E-state index in [0.717, 1.165) is 6.92 Å². The molecule has 0 bridgehead atoms. The molecule has 0 radical (unpaired) electrons. The van der Waals surface area contributed by atoms with Gasteiger partial charge in [0.15, 0.2) is 11.4 Å². The van der Waals surface area contributed by atoms with Gasteiger partial charge < -0.3 is 25.5 Å². The van der Waals surface area contributed by atoms with E-state index >= 15 is 0 Å². The molecule has 4 unspecified atom stereocenters. The SMILES string of the molecule is CC(=O)C(O)(C(=S)C(C)C)C(O)C(O)C(O)CO. The third-order valence-electron chi connectivity index (χ3n) is 2.77. The van der Waals surface area contributed by atoms with Crippen LogP contribution in [0.2, 0.25) is 0 Å². The van der Waals surface area contributed by atoms with Gasteiger partial charge in [0.1, 0.15) is 18.3 Å². The molecule has 0 aliphatic carbocycles. The van der Waals surface area contributed by atoms with Gasteiger partial charge in [0.25, 0.3) is 0 Å². The smallest absolute Gasteiger partial charge is 0.182 e. The fourth-order valence-electron chi connectivity index (χ4n) is 1.53. The summed E-state index contributed by atoms with van der Waals surface area (Å²) in [5.74, 6) is -1.22. The van der Waals surface area contributed by atoms with Crippen LogP contribution in [0.5, 0.6) is 0 Å². The molecule has 18 heavy (non-hydrogen) atoms. The number of Topliss-reactive ketones (excluding diaryl/α,β-unsaturated/α-hetero) is 1. The first-order chi connectivity index (χ1) is 8.10. The van der Waals surface area contributed by atoms with Crippen molar-refractivity contribution in [2.75, 3.05) is 6.61 Å². The summed E-state index contributed by atoms with van der Waals surface area (Å²) in [5, 5.41) is 47.6. The fourth-order valence-corrected chi connectivity index (χ4v) is 1.80. The molecule has 0 aliphatic heterocycles. The third-order valence-corrected chi connectivity index (χ3v) is 3.55. The molecule has 106 valence electrons. The van der Waals surface area contributed by atoms with Gasteiger partial charge in [-0.05, 0) is 12.8 Å². The first-order valence-corrected chi connectivity index (χ1v) is 5.94. The van der Waals surface area contributed by atoms with Crippen molar-refractivity contribution >= 4 is 22.9 Å². The zero-order valence-corrected chi connectivity index (χ0v) is 11.4. The van der Waals surface area contributed by atoms with E-state index in [1.54, 1.807) is 13.8 Å². The highest BCUT2D eigenvalue weighted by molar-refractivity contribution is 7.80. The van der Waals surface area contributed by atoms with Crippen molar-refractivity contribution in [3.05, 3.63) is 0 Å². The van der Waals surface area contributed by atoms with E-state index in [9.17, 15) is 25.2 Å². The van der Waals surface area contributed by atoms with Crippen molar-refractivity contribution in [3.8, 4) is 0 Å². The fraction of sp³-hybridized carbons (Fsp3) is 0.818. The molecule has 0 aromatic heterocycles. The number of hydrogen-bond donors (Lipinski definition) is 5. The molecule has 0 amide bonds. The van der Waals surface area contributed by atoms with Crippen molar-refractivity contribution in [3.63, 3.8) is 0 Å². The van der Waals surface area contributed by atoms with E-state index in [1.807, 2.05) is 0 Å². The molecule has 0 aromatic rings. The van der Waals surface area contributed by atoms with Gasteiger partial charge in [0.05, 0.1) is 6.61 Å². The molecule has 0 heterocycles. The third kappa shape index (κ3) is 3.31. The lowest BCUT2D eigenvalue weighted by molar-refractivity contribution is -0.156. The Morgan fingerprint density at radius 2 is 1.72 bits per heavy atom. The zero-order valence-electron chi connectivity index (χ0n) is 10.6. The second kappa shape index (κ2) is 6.65. The first-order valence-electron chi connectivity index (χ1n) is 5.53. The maximum absolute atomic E-state index is 11.5. The second-order valence-corrected chi connectivity index (χ2v) is 4.97. The number of aliphatic hydroxyl groups excluding tert-OH is 4. The van der Waals surface area contributed by atoms with Crippen LogP contribution in [-0.4, -0.2) is 66.7 Å². The van der Waals surface area contributed by atoms with Gasteiger partial charge in [-0.1, -0.05) is 26.1 Å². The monoisotopic (exact) mass is 280 g/mol. The number of ketones is 1. The van der Waals surface area contributed by atoms with Gasteiger partial charge in [0.2, 0.25) is 0 Å². The van der Waals surface area contributed by atoms with E-state index in [0.29, 0.717) is 0 Å². The molecule has 7 heteroatoms. The quantitative estimate of drug-likeness (QED) is 0.357. The summed E-state index contributed by atoms with van der Waals surface area (Å²) < 4.78 is 0. The van der Waals surface area contributed by atoms with Crippen LogP contribution in [0, 0.1) is 5.92 Å². The van der Waals surface area contributed by atoms with E-state index in [4.69, 9.17) is 17.3 Å². The molecule has 0 spiro atoms. The second-order valence-electron chi connectivity index (χ2n) is 4.53. The standard InChI is InChI=1S/C11H20O6S/c1-5(2)10(18)11(17,6(3)13)9(16)8(15)7(14)4-12/h5,7-9,12,14-17H,4H2,1-3H3. The van der Waals surface area contributed by atoms with Crippen LogP contribution in [-0.2, 0) is 4.79 Å². The van der Waals surface area contributed by atoms with Crippen LogP contribution in [0.1, 0.15) is 20.8 Å². The van der Waals surface area contributed by atoms with E-state index in [1.165, 1.54) is 0 Å². The number of thiocarbonyl (C=S) groups is 1. The minimum absolute atomic E-state index is 0.133. The first kappa shape index (κ1) is 17.6. The van der Waals surface area contributed by atoms with Crippen LogP contribution in [0.4, 0.5) is 0 Å². The summed E-state index contributed by atoms with van der Waals surface area (Å²) in [6.45, 7) is 3.45. The minimum atomic E-state index is -2.43. The largest absolute Gasteiger partial charge is 0.394 e. The Hall–Kier alpha value is -0.440. The summed E-state index contributed by atoms with van der Waals surface area (Å²) in [5.41, 5.74) is -2.43. The lowest BCUT2D eigenvalue weighted by Crippen LogP contribution is -2.62. The van der Waals surface area contributed by atoms with E-state index in [-0.39, 0.29) is 10.8 Å². The zero-order chi connectivity index (χ0) is 14.7. The Labute approximate surface area is 111 Å². The Balaban J connectivity index is 5.36. The maximum Gasteiger partial charge on any atom is 0.182 e. The lowest BCUT2D eigenvalue weighted by Gasteiger charge is -2.36. The Kier molecular flexibility index (Phi) is 6.48. The van der Waals surface area contributed by atoms with Gasteiger partial charge >= 0.3 is 0 Å². The molecule has 0 rings (SSSR count). The summed E-state index contributed by atoms with van der Waals surface area (Å²) in [6.07, 6.45) is -5.58. The lowest BCUT2D eigenvalue weighted by atomic mass is 9.80. The van der Waals surface area contributed by atoms with Gasteiger partial charge in [-0.2, -0.15) is 0 Å². The van der Waals surface area contributed by atoms with Gasteiger partial charge in [-0.15, -0.1) is 0 Å². The summed E-state index contributed by atoms with van der Waals surface area (Å²) in [6, 6.07) is 0. The molecule has 0 saturated heterocycles. The molecule has 4 atom stereocenters. The van der Waals surface area contributed by atoms with E-state index in [2.05, 4.69) is 0 Å². The number of carbonyl (C=O) groups excluding carboxylic acids is 1. The number of carbonyl (C=O) groups is 1. The number of aliphatic hydroxyl groups is 5. The van der Waals surface area contributed by atoms with Crippen molar-refractivity contribution in [2.45, 2.75) is 44.7 Å². The van der Waals surface area contributed by atoms with Crippen molar-refractivity contribution < 1.29 is 30.3 Å². The van der Waals surface area contributed by atoms with Crippen LogP contribution in [0.15, 0.2) is 0 Å². The predicted molar refractivity (Wildman–Crippen MR) is 68.2 cm³/mol. The topological polar surface area (TPSA) is 118 Å². The van der Waals surface area contributed by atoms with Crippen molar-refractivity contribution in [2.24, 2.45) is 5.92 Å². The van der Waals surface area contributed by atoms with Crippen molar-refractivity contribution in [1.82, 2.24) is 0 Å². The minimum Gasteiger partial charge on any atom is -0.394 e. The summed E-state index contributed by atoms with van der Waals surface area (Å²) >= 11 is 4.92. The average Bonchev–Trinajstić information content (AvgIpc) is 2.33.